The van der Waals surface area contributed by atoms with Gasteiger partial charge in [-0.05, 0) is 39.0 Å². The molecular weight excluding hydrogens is 502 g/mol. The van der Waals surface area contributed by atoms with Gasteiger partial charge in [0.2, 0.25) is 17.7 Å². The minimum atomic E-state index is -1.22. The van der Waals surface area contributed by atoms with Gasteiger partial charge in [-0.2, -0.15) is 0 Å². The van der Waals surface area contributed by atoms with Crippen molar-refractivity contribution in [3.63, 3.8) is 0 Å². The Labute approximate surface area is 230 Å². The minimum absolute atomic E-state index is 0.0699. The van der Waals surface area contributed by atoms with E-state index in [1.54, 1.807) is 22.8 Å². The first kappa shape index (κ1) is 29.3. The molecule has 4 rings (SSSR count). The molecule has 0 aromatic rings. The standard InChI is InChI=1S/C29H43N3O7/c1-3-4-8-15-31-16-9-5-7-12-22(34)30-19-20(2)38-28(37)23-21-13-14-29(39-21)24(23)26(35)32(25(29)27(31)36)17-10-6-11-18-33/h5,9,13-14,20-21,23-25,33H,3-4,6-8,10-12,15-19H2,1-2H3,(H,30,34)/b9-5-/t20-,21+,23-,24-,25+,29-/m1/s1. The topological polar surface area (TPSA) is 125 Å². The molecule has 216 valence electrons. The Morgan fingerprint density at radius 3 is 2.62 bits per heavy atom. The van der Waals surface area contributed by atoms with Crippen LogP contribution in [0.3, 0.4) is 0 Å². The summed E-state index contributed by atoms with van der Waals surface area (Å²) in [4.78, 5) is 57.3. The molecule has 0 radical (unpaired) electrons. The number of unbranched alkanes of at least 4 members (excludes halogenated alkanes) is 4. The van der Waals surface area contributed by atoms with E-state index in [-0.39, 0.29) is 30.9 Å². The lowest BCUT2D eigenvalue weighted by molar-refractivity contribution is -0.158. The van der Waals surface area contributed by atoms with Gasteiger partial charge in [-0.1, -0.05) is 44.1 Å². The van der Waals surface area contributed by atoms with Crippen molar-refractivity contribution in [1.29, 1.82) is 0 Å². The van der Waals surface area contributed by atoms with Crippen LogP contribution in [0.4, 0.5) is 0 Å². The molecule has 6 atom stereocenters. The fourth-order valence-electron chi connectivity index (χ4n) is 6.24. The van der Waals surface area contributed by atoms with Gasteiger partial charge in [0.1, 0.15) is 23.7 Å². The Morgan fingerprint density at radius 1 is 1.05 bits per heavy atom. The first-order chi connectivity index (χ1) is 18.8. The molecule has 4 heterocycles. The third-order valence-corrected chi connectivity index (χ3v) is 8.21. The van der Waals surface area contributed by atoms with Crippen LogP contribution < -0.4 is 5.32 Å². The molecule has 0 aromatic carbocycles. The predicted octanol–water partition coefficient (Wildman–Crippen LogP) is 1.72. The smallest absolute Gasteiger partial charge is 0.313 e. The summed E-state index contributed by atoms with van der Waals surface area (Å²) in [7, 11) is 0. The fraction of sp³-hybridized carbons (Fsp3) is 0.724. The number of ether oxygens (including phenoxy) is 2. The molecule has 2 saturated heterocycles. The second kappa shape index (κ2) is 13.1. The number of allylic oxidation sites excluding steroid dienone is 1. The SMILES string of the molecule is CCCCCN1C/C=C\CCC(=O)NC[C@@H](C)OC(=O)[C@@H]2[C@@H]3C=C[C@]4(O3)[C@H](C1=O)N(CCCCCO)C(=O)[C@@H]24. The van der Waals surface area contributed by atoms with Gasteiger partial charge in [-0.15, -0.1) is 0 Å². The molecule has 0 unspecified atom stereocenters. The number of nitrogens with zero attached hydrogens (tertiary/aromatic N) is 2. The predicted molar refractivity (Wildman–Crippen MR) is 143 cm³/mol. The molecule has 4 aliphatic heterocycles. The summed E-state index contributed by atoms with van der Waals surface area (Å²) in [5, 5.41) is 12.0. The van der Waals surface area contributed by atoms with Crippen molar-refractivity contribution in [3.05, 3.63) is 24.3 Å². The van der Waals surface area contributed by atoms with Gasteiger partial charge < -0.3 is 29.7 Å². The highest BCUT2D eigenvalue weighted by molar-refractivity contribution is 5.99. The van der Waals surface area contributed by atoms with Gasteiger partial charge in [0.25, 0.3) is 0 Å². The van der Waals surface area contributed by atoms with Crippen LogP contribution in [0.15, 0.2) is 24.3 Å². The third-order valence-electron chi connectivity index (χ3n) is 8.21. The number of likely N-dealkylation sites (tertiary alicyclic amines) is 1. The number of aliphatic hydroxyl groups excluding tert-OH is 1. The molecule has 10 nitrogen and oxygen atoms in total. The number of cyclic esters (lactones) is 1. The largest absolute Gasteiger partial charge is 0.460 e. The number of rotatable bonds is 9. The molecule has 2 N–H and O–H groups in total. The lowest BCUT2D eigenvalue weighted by Crippen LogP contribution is -2.56. The van der Waals surface area contributed by atoms with Crippen LogP contribution in [0, 0.1) is 11.8 Å². The van der Waals surface area contributed by atoms with Gasteiger partial charge >= 0.3 is 5.97 Å². The molecule has 0 aromatic heterocycles. The summed E-state index contributed by atoms with van der Waals surface area (Å²) < 4.78 is 12.1. The van der Waals surface area contributed by atoms with Crippen LogP contribution in [0.5, 0.6) is 0 Å². The van der Waals surface area contributed by atoms with E-state index in [0.717, 1.165) is 25.7 Å². The van der Waals surface area contributed by atoms with E-state index in [0.29, 0.717) is 45.3 Å². The highest BCUT2D eigenvalue weighted by atomic mass is 16.6. The van der Waals surface area contributed by atoms with Crippen LogP contribution in [-0.2, 0) is 28.7 Å². The molecular formula is C29H43N3O7. The highest BCUT2D eigenvalue weighted by Gasteiger charge is 2.73. The molecule has 4 aliphatic rings. The van der Waals surface area contributed by atoms with Crippen molar-refractivity contribution >= 4 is 23.7 Å². The van der Waals surface area contributed by atoms with E-state index in [2.05, 4.69) is 12.2 Å². The van der Waals surface area contributed by atoms with E-state index in [1.165, 1.54) is 0 Å². The fourth-order valence-corrected chi connectivity index (χ4v) is 6.24. The van der Waals surface area contributed by atoms with Gasteiger partial charge in [0.15, 0.2) is 0 Å². The van der Waals surface area contributed by atoms with Gasteiger partial charge in [0, 0.05) is 32.7 Å². The summed E-state index contributed by atoms with van der Waals surface area (Å²) >= 11 is 0. The Balaban J connectivity index is 1.69. The van der Waals surface area contributed by atoms with E-state index >= 15 is 0 Å². The Kier molecular flexibility index (Phi) is 9.82. The summed E-state index contributed by atoms with van der Waals surface area (Å²) in [6.07, 6.45) is 11.8. The third kappa shape index (κ3) is 6.06. The van der Waals surface area contributed by atoms with Crippen molar-refractivity contribution in [3.8, 4) is 0 Å². The molecule has 39 heavy (non-hydrogen) atoms. The summed E-state index contributed by atoms with van der Waals surface area (Å²) in [6, 6.07) is -0.880. The molecule has 10 heteroatoms. The van der Waals surface area contributed by atoms with E-state index in [9.17, 15) is 24.3 Å². The number of hydrogen-bond donors (Lipinski definition) is 2. The average molecular weight is 546 g/mol. The zero-order valence-corrected chi connectivity index (χ0v) is 23.2. The van der Waals surface area contributed by atoms with Crippen LogP contribution >= 0.6 is 0 Å². The average Bonchev–Trinajstić information content (AvgIpc) is 3.55. The van der Waals surface area contributed by atoms with Crippen LogP contribution in [0.2, 0.25) is 0 Å². The second-order valence-corrected chi connectivity index (χ2v) is 11.1. The maximum atomic E-state index is 14.3. The van der Waals surface area contributed by atoms with E-state index in [1.807, 2.05) is 18.2 Å². The Morgan fingerprint density at radius 2 is 1.85 bits per heavy atom. The first-order valence-corrected chi connectivity index (χ1v) is 14.5. The van der Waals surface area contributed by atoms with E-state index in [4.69, 9.17) is 9.47 Å². The lowest BCUT2D eigenvalue weighted by atomic mass is 9.74. The number of amides is 3. The first-order valence-electron chi connectivity index (χ1n) is 14.5. The number of carbonyl (C=O) groups excluding carboxylic acids is 4. The van der Waals surface area contributed by atoms with Crippen LogP contribution in [-0.4, -0.2) is 95.2 Å². The van der Waals surface area contributed by atoms with Crippen molar-refractivity contribution in [2.45, 2.75) is 89.1 Å². The maximum Gasteiger partial charge on any atom is 0.313 e. The minimum Gasteiger partial charge on any atom is -0.460 e. The van der Waals surface area contributed by atoms with E-state index < -0.39 is 41.7 Å². The number of carbonyl (C=O) groups is 4. The normalized spacial score (nSPS) is 33.9. The Bertz CT molecular complexity index is 982. The highest BCUT2D eigenvalue weighted by Crippen LogP contribution is 2.55. The van der Waals surface area contributed by atoms with Crippen molar-refractivity contribution in [2.75, 3.05) is 32.8 Å². The molecule has 3 amide bonds. The van der Waals surface area contributed by atoms with Gasteiger partial charge in [0.05, 0.1) is 18.6 Å². The van der Waals surface area contributed by atoms with Crippen molar-refractivity contribution < 1.29 is 33.8 Å². The summed E-state index contributed by atoms with van der Waals surface area (Å²) in [6.45, 7) is 5.30. The number of hydrogen-bond acceptors (Lipinski definition) is 7. The number of aliphatic hydroxyl groups is 1. The summed E-state index contributed by atoms with van der Waals surface area (Å²) in [5.41, 5.74) is -1.22. The molecule has 0 aliphatic carbocycles. The molecule has 0 saturated carbocycles. The molecule has 1 spiro atoms. The van der Waals surface area contributed by atoms with Crippen molar-refractivity contribution in [2.24, 2.45) is 11.8 Å². The van der Waals surface area contributed by atoms with Crippen LogP contribution in [0.1, 0.15) is 65.2 Å². The monoisotopic (exact) mass is 545 g/mol. The Hall–Kier alpha value is -2.72. The number of fused-ring (bicyclic) bond motifs is 2. The zero-order chi connectivity index (χ0) is 28.0. The zero-order valence-electron chi connectivity index (χ0n) is 23.2. The number of esters is 1. The molecule has 5 bridgehead atoms. The number of nitrogens with one attached hydrogen (secondary N) is 1. The second-order valence-electron chi connectivity index (χ2n) is 11.1. The summed E-state index contributed by atoms with van der Waals surface area (Å²) in [5.74, 6) is -2.86. The quantitative estimate of drug-likeness (QED) is 0.257. The lowest BCUT2D eigenvalue weighted by Gasteiger charge is -2.36. The molecule has 2 fully saturated rings. The van der Waals surface area contributed by atoms with Crippen LogP contribution in [0.25, 0.3) is 0 Å². The van der Waals surface area contributed by atoms with Crippen molar-refractivity contribution in [1.82, 2.24) is 15.1 Å². The van der Waals surface area contributed by atoms with Gasteiger partial charge in [-0.25, -0.2) is 0 Å². The van der Waals surface area contributed by atoms with Gasteiger partial charge in [-0.3, -0.25) is 19.2 Å². The maximum absolute atomic E-state index is 14.3.